The molecule has 0 fully saturated rings. The van der Waals surface area contributed by atoms with E-state index in [-0.39, 0.29) is 48.7 Å². The Morgan fingerprint density at radius 1 is 0.964 bits per heavy atom. The Bertz CT molecular complexity index is 1930. The van der Waals surface area contributed by atoms with Crippen molar-refractivity contribution in [2.75, 3.05) is 20.3 Å². The van der Waals surface area contributed by atoms with Crippen LogP contribution in [-0.2, 0) is 46.8 Å². The molecule has 0 bridgehead atoms. The number of hydrogen-bond donors (Lipinski definition) is 5. The maximum atomic E-state index is 13.7. The molecule has 0 saturated heterocycles. The van der Waals surface area contributed by atoms with E-state index in [1.54, 1.807) is 44.2 Å². The monoisotopic (exact) mass is 796 g/mol. The van der Waals surface area contributed by atoms with Crippen molar-refractivity contribution in [2.24, 2.45) is 10.7 Å². The SMILES string of the molecule is C=CCOc1ccc(C[C@H](NC(C)=O)C(=O)N[C@@H](CCCN=C(N)NS(=O)(=O)c2c(C)c(C)c3c(c2C)CCC(C)(C)O3)C(=O)N[C@@H](CC=C)C(=O)OC)cc1. The molecule has 1 heterocycles. The van der Waals surface area contributed by atoms with Gasteiger partial charge in [-0.15, -0.1) is 6.58 Å². The van der Waals surface area contributed by atoms with E-state index in [0.717, 1.165) is 17.5 Å². The largest absolute Gasteiger partial charge is 0.490 e. The van der Waals surface area contributed by atoms with Crippen LogP contribution in [-0.4, -0.2) is 82.1 Å². The van der Waals surface area contributed by atoms with Gasteiger partial charge in [0.25, 0.3) is 10.0 Å². The summed E-state index contributed by atoms with van der Waals surface area (Å²) >= 11 is 0. The molecule has 1 aliphatic heterocycles. The summed E-state index contributed by atoms with van der Waals surface area (Å²) < 4.78 is 46.3. The smallest absolute Gasteiger partial charge is 0.328 e. The van der Waals surface area contributed by atoms with Gasteiger partial charge in [-0.3, -0.25) is 19.4 Å². The minimum absolute atomic E-state index is 0.00377. The Balaban J connectivity index is 1.79. The summed E-state index contributed by atoms with van der Waals surface area (Å²) in [6.45, 7) is 18.1. The summed E-state index contributed by atoms with van der Waals surface area (Å²) in [5, 5.41) is 7.93. The highest BCUT2D eigenvalue weighted by Gasteiger charge is 2.34. The van der Waals surface area contributed by atoms with Gasteiger partial charge in [0.1, 0.15) is 41.8 Å². The summed E-state index contributed by atoms with van der Waals surface area (Å²) in [5.41, 5.74) is 9.11. The zero-order valence-corrected chi connectivity index (χ0v) is 34.2. The van der Waals surface area contributed by atoms with Crippen LogP contribution < -0.4 is 35.9 Å². The molecule has 306 valence electrons. The third-order valence-electron chi connectivity index (χ3n) is 9.37. The summed E-state index contributed by atoms with van der Waals surface area (Å²) in [4.78, 5) is 56.1. The second-order valence-electron chi connectivity index (χ2n) is 14.3. The fourth-order valence-electron chi connectivity index (χ4n) is 6.37. The predicted molar refractivity (Wildman–Crippen MR) is 214 cm³/mol. The van der Waals surface area contributed by atoms with E-state index in [1.807, 2.05) is 20.8 Å². The normalized spacial score (nSPS) is 15.1. The molecule has 2 aromatic carbocycles. The van der Waals surface area contributed by atoms with Gasteiger partial charge >= 0.3 is 5.97 Å². The molecule has 3 rings (SSSR count). The minimum atomic E-state index is -4.15. The molecule has 6 N–H and O–H groups in total. The quantitative estimate of drug-likeness (QED) is 0.0460. The Hall–Kier alpha value is -5.38. The molecule has 3 atom stereocenters. The first-order chi connectivity index (χ1) is 26.3. The maximum absolute atomic E-state index is 13.7. The van der Waals surface area contributed by atoms with Crippen LogP contribution in [0.15, 0.2) is 59.5 Å². The van der Waals surface area contributed by atoms with E-state index in [4.69, 9.17) is 19.9 Å². The number of sulfonamides is 1. The average molecular weight is 797 g/mol. The highest BCUT2D eigenvalue weighted by molar-refractivity contribution is 7.90. The molecule has 0 saturated carbocycles. The molecule has 0 radical (unpaired) electrons. The fraction of sp³-hybridized carbons (Fsp3) is 0.475. The number of carbonyl (C=O) groups is 4. The van der Waals surface area contributed by atoms with Crippen molar-refractivity contribution in [3.8, 4) is 11.5 Å². The van der Waals surface area contributed by atoms with Gasteiger partial charge in [-0.1, -0.05) is 30.9 Å². The molecule has 56 heavy (non-hydrogen) atoms. The zero-order chi connectivity index (χ0) is 41.8. The predicted octanol–water partition coefficient (Wildman–Crippen LogP) is 3.12. The number of amides is 3. The van der Waals surface area contributed by atoms with Crippen LogP contribution in [0.1, 0.15) is 74.3 Å². The lowest BCUT2D eigenvalue weighted by Crippen LogP contribution is -2.56. The lowest BCUT2D eigenvalue weighted by molar-refractivity contribution is -0.145. The number of guanidine groups is 1. The summed E-state index contributed by atoms with van der Waals surface area (Å²) in [6, 6.07) is 3.62. The lowest BCUT2D eigenvalue weighted by atomic mass is 9.88. The topological polar surface area (TPSA) is 217 Å². The minimum Gasteiger partial charge on any atom is -0.490 e. The van der Waals surface area contributed by atoms with Crippen LogP contribution in [0.5, 0.6) is 11.5 Å². The highest BCUT2D eigenvalue weighted by Crippen LogP contribution is 2.42. The van der Waals surface area contributed by atoms with Crippen molar-refractivity contribution in [1.29, 1.82) is 0 Å². The fourth-order valence-corrected chi connectivity index (χ4v) is 7.90. The van der Waals surface area contributed by atoms with E-state index in [1.165, 1.54) is 20.1 Å². The second kappa shape index (κ2) is 20.0. The Kier molecular flexibility index (Phi) is 16.1. The summed E-state index contributed by atoms with van der Waals surface area (Å²) in [7, 11) is -2.97. The number of esters is 1. The van der Waals surface area contributed by atoms with Gasteiger partial charge < -0.3 is 35.9 Å². The van der Waals surface area contributed by atoms with Crippen molar-refractivity contribution in [2.45, 2.75) is 109 Å². The molecular formula is C40H56N6O9S. The number of nitrogens with two attached hydrogens (primary N) is 1. The molecule has 3 amide bonds. The first-order valence-corrected chi connectivity index (χ1v) is 19.9. The number of carbonyl (C=O) groups excluding carboxylic acids is 4. The van der Waals surface area contributed by atoms with E-state index in [9.17, 15) is 27.6 Å². The third kappa shape index (κ3) is 12.3. The van der Waals surface area contributed by atoms with Crippen LogP contribution in [0.3, 0.4) is 0 Å². The maximum Gasteiger partial charge on any atom is 0.328 e. The van der Waals surface area contributed by atoms with Crippen LogP contribution in [0.4, 0.5) is 0 Å². The van der Waals surface area contributed by atoms with Crippen molar-refractivity contribution >= 4 is 39.7 Å². The molecule has 0 aromatic heterocycles. The van der Waals surface area contributed by atoms with Crippen molar-refractivity contribution in [3.63, 3.8) is 0 Å². The van der Waals surface area contributed by atoms with Gasteiger partial charge in [0.2, 0.25) is 23.7 Å². The highest BCUT2D eigenvalue weighted by atomic mass is 32.2. The first-order valence-electron chi connectivity index (χ1n) is 18.4. The molecule has 2 aromatic rings. The molecule has 0 spiro atoms. The number of benzene rings is 2. The van der Waals surface area contributed by atoms with Gasteiger partial charge in [-0.25, -0.2) is 17.9 Å². The molecule has 0 aliphatic carbocycles. The van der Waals surface area contributed by atoms with Crippen molar-refractivity contribution in [1.82, 2.24) is 20.7 Å². The van der Waals surface area contributed by atoms with Gasteiger partial charge in [0, 0.05) is 19.9 Å². The standard InChI is InChI=1S/C40H56N6O9S/c1-10-13-32(38(50)53-9)45-36(48)31(44-37(49)33(43-27(6)47)23-28-15-17-29(18-16-28)54-22-11-2)14-12-21-42-39(41)46-56(51,52)35-25(4)24(3)34-30(26(35)5)19-20-40(7,8)55-34/h10-11,15-18,31-33H,1-2,12-14,19-23H2,3-9H3,(H,43,47)(H,44,49)(H,45,48)(H3,41,42,46)/t31-,32-,33-/m0/s1. The Morgan fingerprint density at radius 3 is 2.21 bits per heavy atom. The first kappa shape index (κ1) is 45.0. The lowest BCUT2D eigenvalue weighted by Gasteiger charge is -2.35. The Morgan fingerprint density at radius 2 is 1.61 bits per heavy atom. The zero-order valence-electron chi connectivity index (χ0n) is 33.4. The van der Waals surface area contributed by atoms with Gasteiger partial charge in [-0.2, -0.15) is 0 Å². The number of ether oxygens (including phenoxy) is 3. The third-order valence-corrected chi connectivity index (χ3v) is 11.0. The van der Waals surface area contributed by atoms with Gasteiger partial charge in [-0.05, 0) is 107 Å². The average Bonchev–Trinajstić information content (AvgIpc) is 3.13. The number of aliphatic imine (C=N–C) groups is 1. The molecular weight excluding hydrogens is 741 g/mol. The van der Waals surface area contributed by atoms with Crippen LogP contribution >= 0.6 is 0 Å². The van der Waals surface area contributed by atoms with E-state index in [0.29, 0.717) is 41.2 Å². The molecule has 0 unspecified atom stereocenters. The van der Waals surface area contributed by atoms with Crippen molar-refractivity contribution < 1.29 is 41.8 Å². The summed E-state index contributed by atoms with van der Waals surface area (Å²) in [6.07, 6.45) is 4.76. The summed E-state index contributed by atoms with van der Waals surface area (Å²) in [5.74, 6) is -1.57. The second-order valence-corrected chi connectivity index (χ2v) is 15.9. The van der Waals surface area contributed by atoms with Crippen LogP contribution in [0, 0.1) is 20.8 Å². The molecule has 15 nitrogen and oxygen atoms in total. The van der Waals surface area contributed by atoms with E-state index in [2.05, 4.69) is 38.8 Å². The van der Waals surface area contributed by atoms with E-state index < -0.39 is 51.8 Å². The number of methoxy groups -OCH3 is 1. The Labute approximate surface area is 330 Å². The van der Waals surface area contributed by atoms with Crippen molar-refractivity contribution in [3.05, 3.63) is 77.4 Å². The number of hydrogen-bond acceptors (Lipinski definition) is 10. The van der Waals surface area contributed by atoms with Gasteiger partial charge in [0.15, 0.2) is 0 Å². The number of nitrogens with one attached hydrogen (secondary N) is 4. The number of rotatable bonds is 19. The number of nitrogens with zero attached hydrogens (tertiary/aromatic N) is 1. The van der Waals surface area contributed by atoms with Crippen LogP contribution in [0.2, 0.25) is 0 Å². The molecule has 16 heteroatoms. The van der Waals surface area contributed by atoms with Gasteiger partial charge in [0.05, 0.1) is 12.0 Å². The molecule has 1 aliphatic rings. The van der Waals surface area contributed by atoms with Crippen LogP contribution in [0.25, 0.3) is 0 Å². The van der Waals surface area contributed by atoms with E-state index >= 15 is 0 Å². The number of fused-ring (bicyclic) bond motifs is 1.